The van der Waals surface area contributed by atoms with E-state index in [0.29, 0.717) is 24.7 Å². The van der Waals surface area contributed by atoms with Crippen molar-refractivity contribution in [2.24, 2.45) is 11.8 Å². The Labute approximate surface area is 97.5 Å². The first-order valence-corrected chi connectivity index (χ1v) is 6.67. The van der Waals surface area contributed by atoms with Gasteiger partial charge in [0.25, 0.3) is 0 Å². The number of hydrogen-bond donors (Lipinski definition) is 0. The fourth-order valence-electron chi connectivity index (χ4n) is 2.76. The van der Waals surface area contributed by atoms with Gasteiger partial charge in [0.1, 0.15) is 6.17 Å². The second-order valence-electron chi connectivity index (χ2n) is 5.20. The molecule has 2 rings (SSSR count). The van der Waals surface area contributed by atoms with E-state index in [9.17, 15) is 4.39 Å². The van der Waals surface area contributed by atoms with Gasteiger partial charge in [0.05, 0.1) is 13.2 Å². The molecule has 2 aliphatic rings. The fourth-order valence-corrected chi connectivity index (χ4v) is 2.76. The van der Waals surface area contributed by atoms with Gasteiger partial charge in [-0.2, -0.15) is 0 Å². The molecule has 0 aromatic carbocycles. The van der Waals surface area contributed by atoms with E-state index in [1.54, 1.807) is 0 Å². The number of ether oxygens (including phenoxy) is 2. The molecule has 0 N–H and O–H groups in total. The van der Waals surface area contributed by atoms with Gasteiger partial charge in [-0.1, -0.05) is 13.3 Å². The Hall–Kier alpha value is -0.150. The van der Waals surface area contributed by atoms with E-state index in [0.717, 1.165) is 26.1 Å². The number of alkyl halides is 1. The van der Waals surface area contributed by atoms with Crippen LogP contribution in [0.5, 0.6) is 0 Å². The Kier molecular flexibility index (Phi) is 4.59. The van der Waals surface area contributed by atoms with Crippen LogP contribution in [0.4, 0.5) is 4.39 Å². The van der Waals surface area contributed by atoms with E-state index in [-0.39, 0.29) is 6.29 Å². The smallest absolute Gasteiger partial charge is 0.160 e. The van der Waals surface area contributed by atoms with Gasteiger partial charge in [-0.3, -0.25) is 0 Å². The SMILES string of the molecule is CCC[C@H]1CO[C@H]([C@H]2CC[C@H](F)CC2)OC1. The molecule has 1 heterocycles. The maximum Gasteiger partial charge on any atom is 0.160 e. The summed E-state index contributed by atoms with van der Waals surface area (Å²) in [7, 11) is 0. The van der Waals surface area contributed by atoms with Crippen LogP contribution in [0, 0.1) is 11.8 Å². The van der Waals surface area contributed by atoms with Crippen molar-refractivity contribution < 1.29 is 13.9 Å². The molecule has 0 spiro atoms. The third-order valence-corrected chi connectivity index (χ3v) is 3.78. The maximum atomic E-state index is 13.0. The summed E-state index contributed by atoms with van der Waals surface area (Å²) in [6.45, 7) is 3.84. The standard InChI is InChI=1S/C13H23FO2/c1-2-3-10-8-15-13(16-9-10)11-4-6-12(14)7-5-11/h10-13H,2-9H2,1H3/t10-,11-,12-,13-. The van der Waals surface area contributed by atoms with E-state index in [4.69, 9.17) is 9.47 Å². The molecule has 94 valence electrons. The molecule has 3 heteroatoms. The summed E-state index contributed by atoms with van der Waals surface area (Å²) < 4.78 is 24.6. The molecule has 0 amide bonds. The Morgan fingerprint density at radius 2 is 1.69 bits per heavy atom. The topological polar surface area (TPSA) is 18.5 Å². The van der Waals surface area contributed by atoms with Crippen LogP contribution in [0.15, 0.2) is 0 Å². The first kappa shape index (κ1) is 12.3. The van der Waals surface area contributed by atoms with Gasteiger partial charge in [0.15, 0.2) is 6.29 Å². The quantitative estimate of drug-likeness (QED) is 0.740. The Morgan fingerprint density at radius 3 is 2.25 bits per heavy atom. The van der Waals surface area contributed by atoms with E-state index in [1.165, 1.54) is 12.8 Å². The Bertz CT molecular complexity index is 194. The van der Waals surface area contributed by atoms with E-state index < -0.39 is 6.17 Å². The minimum atomic E-state index is -0.590. The van der Waals surface area contributed by atoms with Crippen molar-refractivity contribution in [3.05, 3.63) is 0 Å². The average Bonchev–Trinajstić information content (AvgIpc) is 2.32. The monoisotopic (exact) mass is 230 g/mol. The number of hydrogen-bond acceptors (Lipinski definition) is 2. The summed E-state index contributed by atoms with van der Waals surface area (Å²) in [5.41, 5.74) is 0. The molecule has 1 saturated heterocycles. The lowest BCUT2D eigenvalue weighted by Gasteiger charge is -2.36. The summed E-state index contributed by atoms with van der Waals surface area (Å²) in [6, 6.07) is 0. The first-order valence-electron chi connectivity index (χ1n) is 6.67. The van der Waals surface area contributed by atoms with Gasteiger partial charge in [0.2, 0.25) is 0 Å². The van der Waals surface area contributed by atoms with Crippen molar-refractivity contribution in [3.63, 3.8) is 0 Å². The van der Waals surface area contributed by atoms with Crippen LogP contribution in [-0.4, -0.2) is 25.7 Å². The van der Waals surface area contributed by atoms with Crippen LogP contribution in [0.25, 0.3) is 0 Å². The highest BCUT2D eigenvalue weighted by Gasteiger charge is 2.32. The first-order chi connectivity index (χ1) is 7.79. The third kappa shape index (κ3) is 3.17. The fraction of sp³-hybridized carbons (Fsp3) is 1.00. The molecule has 0 aromatic heterocycles. The van der Waals surface area contributed by atoms with Crippen LogP contribution in [0.2, 0.25) is 0 Å². The molecular weight excluding hydrogens is 207 g/mol. The molecule has 16 heavy (non-hydrogen) atoms. The molecule has 0 radical (unpaired) electrons. The normalized spacial score (nSPS) is 40.9. The number of halogens is 1. The van der Waals surface area contributed by atoms with Crippen molar-refractivity contribution in [1.29, 1.82) is 0 Å². The second kappa shape index (κ2) is 5.97. The van der Waals surface area contributed by atoms with Gasteiger partial charge >= 0.3 is 0 Å². The summed E-state index contributed by atoms with van der Waals surface area (Å²) in [5, 5.41) is 0. The van der Waals surface area contributed by atoms with Crippen LogP contribution < -0.4 is 0 Å². The lowest BCUT2D eigenvalue weighted by molar-refractivity contribution is -0.230. The van der Waals surface area contributed by atoms with E-state index in [1.807, 2.05) is 0 Å². The van der Waals surface area contributed by atoms with Crippen LogP contribution in [0.3, 0.4) is 0 Å². The van der Waals surface area contributed by atoms with Gasteiger partial charge < -0.3 is 9.47 Å². The molecule has 2 nitrogen and oxygen atoms in total. The molecule has 1 aliphatic carbocycles. The molecule has 1 aliphatic heterocycles. The average molecular weight is 230 g/mol. The molecular formula is C13H23FO2. The summed E-state index contributed by atoms with van der Waals surface area (Å²) >= 11 is 0. The zero-order valence-electron chi connectivity index (χ0n) is 10.2. The minimum absolute atomic E-state index is 0.0550. The van der Waals surface area contributed by atoms with Gasteiger partial charge in [-0.05, 0) is 32.1 Å². The lowest BCUT2D eigenvalue weighted by Crippen LogP contribution is -2.38. The van der Waals surface area contributed by atoms with Gasteiger partial charge in [-0.25, -0.2) is 4.39 Å². The van der Waals surface area contributed by atoms with Crippen molar-refractivity contribution in [1.82, 2.24) is 0 Å². The van der Waals surface area contributed by atoms with Crippen LogP contribution in [0.1, 0.15) is 45.4 Å². The zero-order valence-corrected chi connectivity index (χ0v) is 10.2. The van der Waals surface area contributed by atoms with E-state index >= 15 is 0 Å². The molecule has 0 unspecified atom stereocenters. The lowest BCUT2D eigenvalue weighted by atomic mass is 9.87. The molecule has 1 saturated carbocycles. The molecule has 0 bridgehead atoms. The molecule has 0 aromatic rings. The van der Waals surface area contributed by atoms with E-state index in [2.05, 4.69) is 6.92 Å². The van der Waals surface area contributed by atoms with Crippen molar-refractivity contribution >= 4 is 0 Å². The maximum absolute atomic E-state index is 13.0. The van der Waals surface area contributed by atoms with Crippen molar-refractivity contribution in [2.75, 3.05) is 13.2 Å². The highest BCUT2D eigenvalue weighted by molar-refractivity contribution is 4.76. The summed E-state index contributed by atoms with van der Waals surface area (Å²) in [5.74, 6) is 0.994. The number of rotatable bonds is 3. The van der Waals surface area contributed by atoms with Crippen LogP contribution >= 0.6 is 0 Å². The van der Waals surface area contributed by atoms with Gasteiger partial charge in [-0.15, -0.1) is 0 Å². The third-order valence-electron chi connectivity index (χ3n) is 3.78. The van der Waals surface area contributed by atoms with Crippen LogP contribution in [-0.2, 0) is 9.47 Å². The van der Waals surface area contributed by atoms with Crippen molar-refractivity contribution in [2.45, 2.75) is 57.9 Å². The Balaban J connectivity index is 1.72. The predicted molar refractivity (Wildman–Crippen MR) is 60.9 cm³/mol. The Morgan fingerprint density at radius 1 is 1.06 bits per heavy atom. The van der Waals surface area contributed by atoms with Crippen molar-refractivity contribution in [3.8, 4) is 0 Å². The largest absolute Gasteiger partial charge is 0.352 e. The minimum Gasteiger partial charge on any atom is -0.352 e. The second-order valence-corrected chi connectivity index (χ2v) is 5.20. The molecule has 2 fully saturated rings. The predicted octanol–water partition coefficient (Wildman–Crippen LogP) is 3.30. The van der Waals surface area contributed by atoms with Gasteiger partial charge in [0, 0.05) is 11.8 Å². The highest BCUT2D eigenvalue weighted by Crippen LogP contribution is 2.32. The summed E-state index contributed by atoms with van der Waals surface area (Å²) in [6.07, 6.45) is 4.94. The summed E-state index contributed by atoms with van der Waals surface area (Å²) in [4.78, 5) is 0. The molecule has 0 atom stereocenters. The highest BCUT2D eigenvalue weighted by atomic mass is 19.1. The zero-order chi connectivity index (χ0) is 11.4.